The second-order valence-electron chi connectivity index (χ2n) is 8.84. The maximum Gasteiger partial charge on any atom is 0.234 e. The van der Waals surface area contributed by atoms with Gasteiger partial charge in [-0.2, -0.15) is 0 Å². The van der Waals surface area contributed by atoms with E-state index in [1.807, 2.05) is 7.11 Å². The van der Waals surface area contributed by atoms with E-state index in [0.29, 0.717) is 24.4 Å². The average molecular weight is 411 g/mol. The van der Waals surface area contributed by atoms with Crippen LogP contribution in [0.5, 0.6) is 0 Å². The Bertz CT molecular complexity index is 592. The predicted molar refractivity (Wildman–Crippen MR) is 110 cm³/mol. The van der Waals surface area contributed by atoms with E-state index in [9.17, 15) is 9.59 Å². The molecule has 28 heavy (non-hydrogen) atoms. The molecular formula is C20H34N4O3S. The molecule has 8 heteroatoms. The average Bonchev–Trinajstić information content (AvgIpc) is 3.11. The minimum atomic E-state index is -0.184. The molecule has 4 aliphatic rings. The minimum absolute atomic E-state index is 0.0456. The number of fused-ring (bicyclic) bond motifs is 1. The first-order valence-electron chi connectivity index (χ1n) is 10.8. The van der Waals surface area contributed by atoms with Gasteiger partial charge in [-0.25, -0.2) is 0 Å². The number of nitrogens with one attached hydrogen (secondary N) is 4. The van der Waals surface area contributed by atoms with E-state index >= 15 is 0 Å². The van der Waals surface area contributed by atoms with Crippen LogP contribution >= 0.6 is 11.8 Å². The normalized spacial score (nSPS) is 43.9. The Labute approximate surface area is 171 Å². The second-order valence-corrected chi connectivity index (χ2v) is 10.1. The van der Waals surface area contributed by atoms with Crippen LogP contribution < -0.4 is 21.3 Å². The summed E-state index contributed by atoms with van der Waals surface area (Å²) in [6, 6.07) is 0.583. The van der Waals surface area contributed by atoms with E-state index < -0.39 is 0 Å². The number of amides is 2. The molecule has 3 saturated heterocycles. The van der Waals surface area contributed by atoms with Gasteiger partial charge in [-0.1, -0.05) is 12.8 Å². The molecule has 0 bridgehead atoms. The van der Waals surface area contributed by atoms with Crippen LogP contribution in [0.3, 0.4) is 0 Å². The summed E-state index contributed by atoms with van der Waals surface area (Å²) in [4.78, 5) is 25.3. The van der Waals surface area contributed by atoms with Crippen molar-refractivity contribution in [3.63, 3.8) is 0 Å². The number of methoxy groups -OCH3 is 1. The predicted octanol–water partition coefficient (Wildman–Crippen LogP) is 0.799. The van der Waals surface area contributed by atoms with Gasteiger partial charge in [0, 0.05) is 32.3 Å². The summed E-state index contributed by atoms with van der Waals surface area (Å²) < 4.78 is 5.82. The van der Waals surface area contributed by atoms with Gasteiger partial charge >= 0.3 is 0 Å². The van der Waals surface area contributed by atoms with E-state index in [2.05, 4.69) is 28.2 Å². The fourth-order valence-corrected chi connectivity index (χ4v) is 6.95. The van der Waals surface area contributed by atoms with Gasteiger partial charge in [0.2, 0.25) is 11.8 Å². The van der Waals surface area contributed by atoms with Crippen LogP contribution in [0, 0.1) is 17.8 Å². The van der Waals surface area contributed by atoms with Gasteiger partial charge in [-0.05, 0) is 44.4 Å². The van der Waals surface area contributed by atoms with Gasteiger partial charge in [0.15, 0.2) is 0 Å². The van der Waals surface area contributed by atoms with E-state index in [1.54, 1.807) is 0 Å². The van der Waals surface area contributed by atoms with Crippen molar-refractivity contribution in [1.29, 1.82) is 0 Å². The highest BCUT2D eigenvalue weighted by atomic mass is 32.2. The van der Waals surface area contributed by atoms with E-state index in [-0.39, 0.29) is 40.6 Å². The molecule has 0 spiro atoms. The summed E-state index contributed by atoms with van der Waals surface area (Å²) in [6.07, 6.45) is 6.91. The zero-order valence-corrected chi connectivity index (χ0v) is 17.7. The van der Waals surface area contributed by atoms with Crippen molar-refractivity contribution in [3.05, 3.63) is 0 Å². The molecule has 0 aromatic heterocycles. The molecule has 7 nitrogen and oxygen atoms in total. The zero-order chi connectivity index (χ0) is 19.7. The minimum Gasteiger partial charge on any atom is -0.381 e. The van der Waals surface area contributed by atoms with E-state index in [1.165, 1.54) is 24.6 Å². The summed E-state index contributed by atoms with van der Waals surface area (Å²) >= 11 is 1.54. The van der Waals surface area contributed by atoms with Gasteiger partial charge in [0.1, 0.15) is 10.7 Å². The lowest BCUT2D eigenvalue weighted by Crippen LogP contribution is -2.55. The lowest BCUT2D eigenvalue weighted by atomic mass is 9.68. The lowest BCUT2D eigenvalue weighted by molar-refractivity contribution is -0.130. The summed E-state index contributed by atoms with van der Waals surface area (Å²) in [5.74, 6) is 0.946. The molecule has 3 aliphatic heterocycles. The smallest absolute Gasteiger partial charge is 0.234 e. The number of hydrogen-bond donors (Lipinski definition) is 4. The summed E-state index contributed by atoms with van der Waals surface area (Å²) in [7, 11) is 1.81. The first-order valence-corrected chi connectivity index (χ1v) is 11.8. The molecule has 2 amide bonds. The van der Waals surface area contributed by atoms with Crippen molar-refractivity contribution in [2.45, 2.75) is 74.4 Å². The Balaban J connectivity index is 1.42. The maximum absolute atomic E-state index is 13.3. The molecule has 4 N–H and O–H groups in total. The van der Waals surface area contributed by atoms with Gasteiger partial charge < -0.3 is 20.7 Å². The number of hydrogen-bond acceptors (Lipinski definition) is 6. The van der Waals surface area contributed by atoms with Crippen molar-refractivity contribution >= 4 is 23.6 Å². The Morgan fingerprint density at radius 2 is 2.04 bits per heavy atom. The monoisotopic (exact) mass is 410 g/mol. The van der Waals surface area contributed by atoms with Crippen LogP contribution in [0.1, 0.15) is 45.4 Å². The first kappa shape index (κ1) is 20.4. The third-order valence-corrected chi connectivity index (χ3v) is 8.43. The molecule has 4 fully saturated rings. The summed E-state index contributed by atoms with van der Waals surface area (Å²) in [5.41, 5.74) is -0.184. The SMILES string of the molecule is COC1CCCCC1C1CC(C)NCC1C(=O)NC1NC2CCNC(=O)C2S1. The fourth-order valence-electron chi connectivity index (χ4n) is 5.61. The summed E-state index contributed by atoms with van der Waals surface area (Å²) in [6.45, 7) is 3.64. The number of thioether (sulfide) groups is 1. The van der Waals surface area contributed by atoms with Crippen molar-refractivity contribution in [3.8, 4) is 0 Å². The maximum atomic E-state index is 13.3. The molecule has 4 rings (SSSR count). The van der Waals surface area contributed by atoms with Gasteiger partial charge in [-0.15, -0.1) is 11.8 Å². The number of piperidine rings is 2. The molecule has 1 saturated carbocycles. The third-order valence-electron chi connectivity index (χ3n) is 7.07. The largest absolute Gasteiger partial charge is 0.381 e. The summed E-state index contributed by atoms with van der Waals surface area (Å²) in [5, 5.41) is 13.0. The van der Waals surface area contributed by atoms with Gasteiger partial charge in [0.25, 0.3) is 0 Å². The Morgan fingerprint density at radius 1 is 1.21 bits per heavy atom. The molecule has 8 unspecified atom stereocenters. The molecule has 158 valence electrons. The lowest BCUT2D eigenvalue weighted by Gasteiger charge is -2.44. The number of ether oxygens (including phenoxy) is 1. The second kappa shape index (κ2) is 8.90. The van der Waals surface area contributed by atoms with Crippen molar-refractivity contribution in [2.75, 3.05) is 20.2 Å². The van der Waals surface area contributed by atoms with Crippen molar-refractivity contribution in [2.24, 2.45) is 17.8 Å². The zero-order valence-electron chi connectivity index (χ0n) is 16.9. The quantitative estimate of drug-likeness (QED) is 0.548. The molecule has 8 atom stereocenters. The van der Waals surface area contributed by atoms with Crippen LogP contribution in [-0.2, 0) is 14.3 Å². The number of carbonyl (C=O) groups excluding carboxylic acids is 2. The van der Waals surface area contributed by atoms with Crippen molar-refractivity contribution in [1.82, 2.24) is 21.3 Å². The Hall–Kier alpha value is -0.830. The molecular weight excluding hydrogens is 376 g/mol. The molecule has 0 aromatic carbocycles. The molecule has 3 heterocycles. The van der Waals surface area contributed by atoms with Crippen LogP contribution in [0.2, 0.25) is 0 Å². The highest BCUT2D eigenvalue weighted by Crippen LogP contribution is 2.40. The molecule has 0 radical (unpaired) electrons. The molecule has 0 aromatic rings. The first-order chi connectivity index (χ1) is 13.6. The van der Waals surface area contributed by atoms with Crippen LogP contribution in [0.4, 0.5) is 0 Å². The fraction of sp³-hybridized carbons (Fsp3) is 0.900. The highest BCUT2D eigenvalue weighted by molar-refractivity contribution is 8.01. The van der Waals surface area contributed by atoms with Crippen LogP contribution in [0.15, 0.2) is 0 Å². The number of carbonyl (C=O) groups is 2. The van der Waals surface area contributed by atoms with Gasteiger partial charge in [0.05, 0.1) is 12.0 Å². The number of rotatable bonds is 4. The van der Waals surface area contributed by atoms with E-state index in [0.717, 1.165) is 32.2 Å². The van der Waals surface area contributed by atoms with Crippen LogP contribution in [0.25, 0.3) is 0 Å². The van der Waals surface area contributed by atoms with Gasteiger partial charge in [-0.3, -0.25) is 14.9 Å². The Kier molecular flexibility index (Phi) is 6.50. The van der Waals surface area contributed by atoms with Crippen molar-refractivity contribution < 1.29 is 14.3 Å². The Morgan fingerprint density at radius 3 is 2.82 bits per heavy atom. The van der Waals surface area contributed by atoms with Crippen LogP contribution in [-0.4, -0.2) is 60.9 Å². The highest BCUT2D eigenvalue weighted by Gasteiger charge is 2.45. The molecule has 1 aliphatic carbocycles. The third kappa shape index (κ3) is 4.20. The topological polar surface area (TPSA) is 91.5 Å². The van der Waals surface area contributed by atoms with E-state index in [4.69, 9.17) is 4.74 Å². The standard InChI is InChI=1S/C20H34N4O3S/c1-11-9-13(12-5-3-4-6-16(12)27-2)14(10-22-11)18(25)24-20-23-15-7-8-21-19(26)17(15)28-20/h11-17,20,22-23H,3-10H2,1-2H3,(H,21,26)(H,24,25).